The number of pyridine rings is 1. The maximum absolute atomic E-state index is 13.1. The lowest BCUT2D eigenvalue weighted by Gasteiger charge is -2.05. The Morgan fingerprint density at radius 1 is 1.00 bits per heavy atom. The van der Waals surface area contributed by atoms with E-state index in [4.69, 9.17) is 0 Å². The molecular weight excluding hydrogens is 344 g/mol. The Labute approximate surface area is 108 Å². The predicted octanol–water partition coefficient (Wildman–Crippen LogP) is 4.55. The molecule has 0 spiro atoms. The Morgan fingerprint density at radius 2 is 1.75 bits per heavy atom. The molecule has 0 amide bonds. The highest BCUT2D eigenvalue weighted by molar-refractivity contribution is 9.11. The minimum Gasteiger partial charge on any atom is -0.249 e. The van der Waals surface area contributed by atoms with Crippen LogP contribution in [-0.2, 0) is 0 Å². The number of hydrogen-bond donors (Lipinski definition) is 0. The van der Waals surface area contributed by atoms with Crippen LogP contribution >= 0.6 is 31.9 Å². The highest BCUT2D eigenvalue weighted by atomic mass is 79.9. The number of hydrogen-bond acceptors (Lipinski definition) is 1. The molecule has 2 aromatic rings. The minimum atomic E-state index is -0.868. The molecule has 1 aromatic heterocycles. The summed E-state index contributed by atoms with van der Waals surface area (Å²) < 4.78 is 27.3. The summed E-state index contributed by atoms with van der Waals surface area (Å²) in [6, 6.07) is 5.49. The van der Waals surface area contributed by atoms with Crippen molar-refractivity contribution in [2.45, 2.75) is 0 Å². The van der Waals surface area contributed by atoms with Crippen molar-refractivity contribution >= 4 is 31.9 Å². The number of benzene rings is 1. The molecule has 2 rings (SSSR count). The fourth-order valence-corrected chi connectivity index (χ4v) is 2.47. The first kappa shape index (κ1) is 11.7. The van der Waals surface area contributed by atoms with Gasteiger partial charge in [-0.25, -0.2) is 13.8 Å². The van der Waals surface area contributed by atoms with Crippen LogP contribution in [-0.4, -0.2) is 4.98 Å². The van der Waals surface area contributed by atoms with E-state index in [1.165, 1.54) is 6.07 Å². The third-order valence-electron chi connectivity index (χ3n) is 2.05. The summed E-state index contributed by atoms with van der Waals surface area (Å²) >= 11 is 6.56. The molecule has 16 heavy (non-hydrogen) atoms. The molecule has 0 radical (unpaired) electrons. The molecular formula is C11H5Br2F2N. The third kappa shape index (κ3) is 2.30. The quantitative estimate of drug-likeness (QED) is 0.689. The van der Waals surface area contributed by atoms with Crippen LogP contribution in [0.15, 0.2) is 39.5 Å². The predicted molar refractivity (Wildman–Crippen MR) is 65.0 cm³/mol. The van der Waals surface area contributed by atoms with Gasteiger partial charge in [0.05, 0.1) is 0 Å². The number of aromatic nitrogens is 1. The molecule has 1 heterocycles. The zero-order chi connectivity index (χ0) is 11.7. The van der Waals surface area contributed by atoms with Gasteiger partial charge in [-0.2, -0.15) is 0 Å². The van der Waals surface area contributed by atoms with E-state index in [-0.39, 0.29) is 0 Å². The maximum atomic E-state index is 13.1. The van der Waals surface area contributed by atoms with Crippen molar-refractivity contribution in [3.63, 3.8) is 0 Å². The van der Waals surface area contributed by atoms with E-state index in [1.807, 2.05) is 0 Å². The monoisotopic (exact) mass is 347 g/mol. The first-order chi connectivity index (χ1) is 7.58. The Balaban J connectivity index is 2.54. The van der Waals surface area contributed by atoms with Gasteiger partial charge in [0.2, 0.25) is 0 Å². The Morgan fingerprint density at radius 3 is 2.38 bits per heavy atom. The smallest absolute Gasteiger partial charge is 0.159 e. The SMILES string of the molecule is Fc1ccc(-c2cnc(Br)cc2Br)cc1F. The molecule has 1 aromatic carbocycles. The van der Waals surface area contributed by atoms with Gasteiger partial charge in [0.15, 0.2) is 11.6 Å². The summed E-state index contributed by atoms with van der Waals surface area (Å²) in [6.45, 7) is 0. The largest absolute Gasteiger partial charge is 0.249 e. The zero-order valence-corrected chi connectivity index (χ0v) is 11.0. The van der Waals surface area contributed by atoms with Gasteiger partial charge in [0, 0.05) is 16.2 Å². The van der Waals surface area contributed by atoms with E-state index < -0.39 is 11.6 Å². The fraction of sp³-hybridized carbons (Fsp3) is 0. The first-order valence-corrected chi connectivity index (χ1v) is 5.93. The second kappa shape index (κ2) is 4.59. The second-order valence-corrected chi connectivity index (χ2v) is 4.78. The normalized spacial score (nSPS) is 10.5. The van der Waals surface area contributed by atoms with Crippen molar-refractivity contribution in [2.75, 3.05) is 0 Å². The van der Waals surface area contributed by atoms with Crippen LogP contribution in [0.25, 0.3) is 11.1 Å². The number of halogens is 4. The van der Waals surface area contributed by atoms with Crippen molar-refractivity contribution in [3.05, 3.63) is 51.2 Å². The second-order valence-electron chi connectivity index (χ2n) is 3.12. The number of nitrogens with zero attached hydrogens (tertiary/aromatic N) is 1. The lowest BCUT2D eigenvalue weighted by molar-refractivity contribution is 0.509. The van der Waals surface area contributed by atoms with Gasteiger partial charge in [-0.15, -0.1) is 0 Å². The average Bonchev–Trinajstić information content (AvgIpc) is 2.22. The molecule has 0 fully saturated rings. The van der Waals surface area contributed by atoms with Gasteiger partial charge in [0.1, 0.15) is 4.60 Å². The summed E-state index contributed by atoms with van der Waals surface area (Å²) in [5.74, 6) is -1.72. The van der Waals surface area contributed by atoms with E-state index in [2.05, 4.69) is 36.8 Å². The zero-order valence-electron chi connectivity index (χ0n) is 7.85. The first-order valence-electron chi connectivity index (χ1n) is 4.34. The summed E-state index contributed by atoms with van der Waals surface area (Å²) in [5, 5.41) is 0. The van der Waals surface area contributed by atoms with Gasteiger partial charge in [-0.1, -0.05) is 22.0 Å². The molecule has 0 atom stereocenters. The third-order valence-corrected chi connectivity index (χ3v) is 3.14. The molecule has 0 aliphatic rings. The van der Waals surface area contributed by atoms with Crippen molar-refractivity contribution in [3.8, 4) is 11.1 Å². The van der Waals surface area contributed by atoms with Gasteiger partial charge < -0.3 is 0 Å². The van der Waals surface area contributed by atoms with Crippen LogP contribution in [0.1, 0.15) is 0 Å². The van der Waals surface area contributed by atoms with E-state index in [0.29, 0.717) is 15.7 Å². The topological polar surface area (TPSA) is 12.9 Å². The Kier molecular flexibility index (Phi) is 3.35. The van der Waals surface area contributed by atoms with E-state index >= 15 is 0 Å². The van der Waals surface area contributed by atoms with E-state index in [9.17, 15) is 8.78 Å². The van der Waals surface area contributed by atoms with Crippen LogP contribution in [0.4, 0.5) is 8.78 Å². The molecule has 0 aliphatic carbocycles. The van der Waals surface area contributed by atoms with Crippen molar-refractivity contribution < 1.29 is 8.78 Å². The van der Waals surface area contributed by atoms with Gasteiger partial charge >= 0.3 is 0 Å². The molecule has 0 N–H and O–H groups in total. The van der Waals surface area contributed by atoms with Gasteiger partial charge in [-0.3, -0.25) is 0 Å². The van der Waals surface area contributed by atoms with E-state index in [1.54, 1.807) is 12.3 Å². The van der Waals surface area contributed by atoms with Crippen LogP contribution in [0, 0.1) is 11.6 Å². The summed E-state index contributed by atoms with van der Waals surface area (Å²) in [5.41, 5.74) is 1.29. The highest BCUT2D eigenvalue weighted by Crippen LogP contribution is 2.30. The molecule has 1 nitrogen and oxygen atoms in total. The lowest BCUT2D eigenvalue weighted by atomic mass is 10.1. The van der Waals surface area contributed by atoms with Crippen LogP contribution in [0.5, 0.6) is 0 Å². The lowest BCUT2D eigenvalue weighted by Crippen LogP contribution is -1.87. The Hall–Kier alpha value is -0.810. The van der Waals surface area contributed by atoms with Gasteiger partial charge in [-0.05, 0) is 39.7 Å². The molecule has 0 aliphatic heterocycles. The van der Waals surface area contributed by atoms with Crippen LogP contribution in [0.2, 0.25) is 0 Å². The molecule has 0 bridgehead atoms. The molecule has 0 unspecified atom stereocenters. The summed E-state index contributed by atoms with van der Waals surface area (Å²) in [7, 11) is 0. The summed E-state index contributed by atoms with van der Waals surface area (Å²) in [4.78, 5) is 4.04. The Bertz CT molecular complexity index is 544. The molecule has 5 heteroatoms. The van der Waals surface area contributed by atoms with Crippen molar-refractivity contribution in [1.82, 2.24) is 4.98 Å². The van der Waals surface area contributed by atoms with E-state index in [0.717, 1.165) is 16.6 Å². The fourth-order valence-electron chi connectivity index (χ4n) is 1.28. The standard InChI is InChI=1S/C11H5Br2F2N/c12-8-4-11(13)16-5-7(8)6-1-2-9(14)10(15)3-6/h1-5H. The molecule has 82 valence electrons. The average molecular weight is 349 g/mol. The molecule has 0 saturated heterocycles. The minimum absolute atomic E-state index is 0.575. The van der Waals surface area contributed by atoms with Crippen molar-refractivity contribution in [1.29, 1.82) is 0 Å². The highest BCUT2D eigenvalue weighted by Gasteiger charge is 2.08. The van der Waals surface area contributed by atoms with Crippen LogP contribution < -0.4 is 0 Å². The van der Waals surface area contributed by atoms with Crippen molar-refractivity contribution in [2.24, 2.45) is 0 Å². The maximum Gasteiger partial charge on any atom is 0.159 e. The van der Waals surface area contributed by atoms with Gasteiger partial charge in [0.25, 0.3) is 0 Å². The summed E-state index contributed by atoms with van der Waals surface area (Å²) in [6.07, 6.45) is 1.58. The van der Waals surface area contributed by atoms with Crippen LogP contribution in [0.3, 0.4) is 0 Å². The number of rotatable bonds is 1. The molecule has 0 saturated carbocycles.